The van der Waals surface area contributed by atoms with Crippen LogP contribution in [-0.4, -0.2) is 30.1 Å². The van der Waals surface area contributed by atoms with Gasteiger partial charge < -0.3 is 14.4 Å². The van der Waals surface area contributed by atoms with Crippen molar-refractivity contribution in [2.75, 3.05) is 13.7 Å². The fourth-order valence-electron chi connectivity index (χ4n) is 7.75. The van der Waals surface area contributed by atoms with Gasteiger partial charge >= 0.3 is 0 Å². The Morgan fingerprint density at radius 1 is 0.854 bits per heavy atom. The van der Waals surface area contributed by atoms with Crippen molar-refractivity contribution in [2.24, 2.45) is 10.8 Å². The summed E-state index contributed by atoms with van der Waals surface area (Å²) in [6.45, 7) is 13.6. The molecule has 0 amide bonds. The van der Waals surface area contributed by atoms with Crippen LogP contribution in [0.25, 0.3) is 0 Å². The third-order valence-corrected chi connectivity index (χ3v) is 9.86. The minimum absolute atomic E-state index is 0.0982. The smallest absolute Gasteiger partial charge is 0.165 e. The molecule has 3 aliphatic rings. The highest BCUT2D eigenvalue weighted by molar-refractivity contribution is 6.07. The molecule has 0 spiro atoms. The van der Waals surface area contributed by atoms with Crippen molar-refractivity contribution < 1.29 is 23.5 Å². The zero-order valence-corrected chi connectivity index (χ0v) is 28.8. The minimum atomic E-state index is -0.501. The van der Waals surface area contributed by atoms with Crippen LogP contribution >= 0.6 is 0 Å². The molecule has 1 aliphatic heterocycles. The van der Waals surface area contributed by atoms with Gasteiger partial charge in [-0.3, -0.25) is 9.59 Å². The molecule has 6 heteroatoms. The van der Waals surface area contributed by atoms with Crippen molar-refractivity contribution in [2.45, 2.75) is 78.7 Å². The lowest BCUT2D eigenvalue weighted by Crippen LogP contribution is -2.45. The second kappa shape index (κ2) is 13.2. The largest absolute Gasteiger partial charge is 0.493 e. The highest BCUT2D eigenvalue weighted by Gasteiger charge is 2.49. The van der Waals surface area contributed by atoms with Gasteiger partial charge in [0.05, 0.1) is 7.11 Å². The SMILES string of the molecule is C=CCc1cc(C2C3=C(CC(C)(C)CC3=O)N(CCc3ccccc3)C3=C2C(=O)CC(C)(C)C3)cc(OC)c1OCc1ccc(F)cc1. The second-order valence-electron chi connectivity index (χ2n) is 15.0. The first-order valence-electron chi connectivity index (χ1n) is 16.9. The van der Waals surface area contributed by atoms with Crippen LogP contribution in [0.3, 0.4) is 0 Å². The Morgan fingerprint density at radius 3 is 2.02 bits per heavy atom. The molecule has 0 aromatic heterocycles. The number of carbonyl (C=O) groups is 2. The van der Waals surface area contributed by atoms with Crippen molar-refractivity contribution in [3.8, 4) is 11.5 Å². The number of methoxy groups -OCH3 is 1. The van der Waals surface area contributed by atoms with Crippen LogP contribution in [0.2, 0.25) is 0 Å². The summed E-state index contributed by atoms with van der Waals surface area (Å²) >= 11 is 0. The molecule has 3 aromatic rings. The number of halogens is 1. The topological polar surface area (TPSA) is 55.8 Å². The zero-order chi connectivity index (χ0) is 34.2. The molecule has 250 valence electrons. The summed E-state index contributed by atoms with van der Waals surface area (Å²) in [7, 11) is 1.60. The summed E-state index contributed by atoms with van der Waals surface area (Å²) in [5.41, 5.74) is 6.90. The van der Waals surface area contributed by atoms with Crippen molar-refractivity contribution in [1.82, 2.24) is 4.90 Å². The Hall–Kier alpha value is -4.45. The molecule has 48 heavy (non-hydrogen) atoms. The van der Waals surface area contributed by atoms with Crippen LogP contribution in [0, 0.1) is 16.6 Å². The Bertz CT molecular complexity index is 1740. The van der Waals surface area contributed by atoms with Gasteiger partial charge in [0, 0.05) is 53.4 Å². The molecule has 0 saturated carbocycles. The number of Topliss-reactive ketones (excluding diaryl/α,β-unsaturated/α-hetero) is 2. The van der Waals surface area contributed by atoms with Crippen LogP contribution in [0.15, 0.2) is 102 Å². The van der Waals surface area contributed by atoms with Gasteiger partial charge in [-0.2, -0.15) is 0 Å². The Labute approximate surface area is 284 Å². The molecule has 1 heterocycles. The molecule has 0 unspecified atom stereocenters. The lowest BCUT2D eigenvalue weighted by Gasteiger charge is -2.49. The lowest BCUT2D eigenvalue weighted by atomic mass is 9.63. The Balaban J connectivity index is 1.50. The summed E-state index contributed by atoms with van der Waals surface area (Å²) < 4.78 is 25.8. The molecule has 5 nitrogen and oxygen atoms in total. The van der Waals surface area contributed by atoms with E-state index in [0.717, 1.165) is 58.5 Å². The predicted octanol–water partition coefficient (Wildman–Crippen LogP) is 9.07. The highest BCUT2D eigenvalue weighted by Crippen LogP contribution is 2.55. The molecule has 0 atom stereocenters. The van der Waals surface area contributed by atoms with E-state index in [1.165, 1.54) is 17.7 Å². The number of nitrogens with zero attached hydrogens (tertiary/aromatic N) is 1. The molecule has 0 radical (unpaired) electrons. The van der Waals surface area contributed by atoms with E-state index in [4.69, 9.17) is 9.47 Å². The number of allylic oxidation sites excluding steroid dienone is 5. The molecular weight excluding hydrogens is 601 g/mol. The van der Waals surface area contributed by atoms with Crippen molar-refractivity contribution in [3.05, 3.63) is 130 Å². The highest BCUT2D eigenvalue weighted by atomic mass is 19.1. The van der Waals surface area contributed by atoms with E-state index in [9.17, 15) is 14.0 Å². The fraction of sp³-hybridized carbons (Fsp3) is 0.381. The van der Waals surface area contributed by atoms with Crippen molar-refractivity contribution in [1.29, 1.82) is 0 Å². The van der Waals surface area contributed by atoms with Crippen LogP contribution < -0.4 is 9.47 Å². The van der Waals surface area contributed by atoms with Crippen LogP contribution in [0.4, 0.5) is 4.39 Å². The molecular formula is C42H46FNO4. The van der Waals surface area contributed by atoms with Gasteiger partial charge in [0.15, 0.2) is 23.1 Å². The number of hydrogen-bond acceptors (Lipinski definition) is 5. The molecule has 0 N–H and O–H groups in total. The van der Waals surface area contributed by atoms with Gasteiger partial charge in [-0.15, -0.1) is 6.58 Å². The van der Waals surface area contributed by atoms with E-state index in [1.807, 2.05) is 18.2 Å². The second-order valence-corrected chi connectivity index (χ2v) is 15.0. The standard InChI is InChI=1S/C42H46FNO4/c1-7-11-29-20-30(21-36(47-6)40(29)48-26-28-14-16-31(43)17-15-28)37-38-32(22-41(2,3)24-34(38)45)44(19-18-27-12-9-8-10-13-27)33-23-42(4,5)25-35(46)39(33)37/h7-10,12-17,20-21,37H,1,11,18-19,22-26H2,2-6H3. The fourth-order valence-corrected chi connectivity index (χ4v) is 7.75. The third kappa shape index (κ3) is 6.76. The van der Waals surface area contributed by atoms with Crippen molar-refractivity contribution >= 4 is 11.6 Å². The van der Waals surface area contributed by atoms with E-state index in [-0.39, 0.29) is 34.8 Å². The first kappa shape index (κ1) is 33.5. The first-order chi connectivity index (χ1) is 22.9. The third-order valence-electron chi connectivity index (χ3n) is 9.86. The average molecular weight is 648 g/mol. The number of rotatable bonds is 10. The Kier molecular flexibility index (Phi) is 9.21. The van der Waals surface area contributed by atoms with Gasteiger partial charge in [0.25, 0.3) is 0 Å². The van der Waals surface area contributed by atoms with Gasteiger partial charge in [-0.25, -0.2) is 4.39 Å². The van der Waals surface area contributed by atoms with E-state index < -0.39 is 5.92 Å². The summed E-state index contributed by atoms with van der Waals surface area (Å²) in [4.78, 5) is 31.0. The van der Waals surface area contributed by atoms with E-state index >= 15 is 0 Å². The van der Waals surface area contributed by atoms with Crippen LogP contribution in [0.5, 0.6) is 11.5 Å². The van der Waals surface area contributed by atoms with E-state index in [1.54, 1.807) is 19.2 Å². The quantitative estimate of drug-likeness (QED) is 0.206. The minimum Gasteiger partial charge on any atom is -0.493 e. The monoisotopic (exact) mass is 647 g/mol. The number of ether oxygens (including phenoxy) is 2. The first-order valence-corrected chi connectivity index (χ1v) is 16.9. The summed E-state index contributed by atoms with van der Waals surface area (Å²) in [5, 5.41) is 0. The molecule has 0 bridgehead atoms. The van der Waals surface area contributed by atoms with Gasteiger partial charge in [-0.05, 0) is 71.4 Å². The molecule has 2 aliphatic carbocycles. The molecule has 3 aromatic carbocycles. The maximum absolute atomic E-state index is 14.4. The van der Waals surface area contributed by atoms with Gasteiger partial charge in [0.2, 0.25) is 0 Å². The molecule has 0 saturated heterocycles. The van der Waals surface area contributed by atoms with E-state index in [2.05, 4.69) is 69.5 Å². The number of benzene rings is 3. The Morgan fingerprint density at radius 2 is 1.46 bits per heavy atom. The molecule has 0 fully saturated rings. The summed E-state index contributed by atoms with van der Waals surface area (Å²) in [6.07, 6.45) is 5.46. The van der Waals surface area contributed by atoms with Crippen LogP contribution in [0.1, 0.15) is 81.5 Å². The summed E-state index contributed by atoms with van der Waals surface area (Å²) in [5.74, 6) is 0.486. The number of ketones is 2. The number of carbonyl (C=O) groups excluding carboxylic acids is 2. The predicted molar refractivity (Wildman–Crippen MR) is 187 cm³/mol. The maximum atomic E-state index is 14.4. The van der Waals surface area contributed by atoms with Crippen LogP contribution in [-0.2, 0) is 29.0 Å². The zero-order valence-electron chi connectivity index (χ0n) is 28.8. The number of hydrogen-bond donors (Lipinski definition) is 0. The van der Waals surface area contributed by atoms with E-state index in [0.29, 0.717) is 37.3 Å². The molecule has 6 rings (SSSR count). The van der Waals surface area contributed by atoms with Gasteiger partial charge in [-0.1, -0.05) is 82.3 Å². The normalized spacial score (nSPS) is 18.8. The van der Waals surface area contributed by atoms with Gasteiger partial charge in [0.1, 0.15) is 12.4 Å². The lowest BCUT2D eigenvalue weighted by molar-refractivity contribution is -0.119. The maximum Gasteiger partial charge on any atom is 0.165 e. The summed E-state index contributed by atoms with van der Waals surface area (Å²) in [6, 6.07) is 20.6. The average Bonchev–Trinajstić information content (AvgIpc) is 3.03. The van der Waals surface area contributed by atoms with Crippen molar-refractivity contribution in [3.63, 3.8) is 0 Å².